The summed E-state index contributed by atoms with van der Waals surface area (Å²) in [6.07, 6.45) is 2.03. The van der Waals surface area contributed by atoms with Gasteiger partial charge in [-0.15, -0.1) is 0 Å². The molecule has 0 unspecified atom stereocenters. The molecule has 1 N–H and O–H groups in total. The molecule has 9 heteroatoms. The van der Waals surface area contributed by atoms with Crippen molar-refractivity contribution in [2.24, 2.45) is 11.3 Å². The molecule has 0 fully saturated rings. The van der Waals surface area contributed by atoms with Gasteiger partial charge in [0.25, 0.3) is 10.1 Å². The van der Waals surface area contributed by atoms with Crippen LogP contribution in [0.15, 0.2) is 30.3 Å². The van der Waals surface area contributed by atoms with Crippen molar-refractivity contribution in [3.63, 3.8) is 0 Å². The predicted octanol–water partition coefficient (Wildman–Crippen LogP) is 5.88. The van der Waals surface area contributed by atoms with Crippen molar-refractivity contribution in [3.05, 3.63) is 35.9 Å². The maximum atomic E-state index is 12.1. The highest BCUT2D eigenvalue weighted by Gasteiger charge is 2.19. The number of carbonyl (C=O) groups excluding carboxylic acids is 1. The molecule has 0 radical (unpaired) electrons. The molecule has 0 heterocycles. The average molecular weight is 506 g/mol. The maximum Gasteiger partial charge on any atom is 0.407 e. The van der Waals surface area contributed by atoms with Crippen LogP contribution in [-0.4, -0.2) is 44.4 Å². The number of hydrogen-bond acceptors (Lipinski definition) is 7. The van der Waals surface area contributed by atoms with E-state index in [4.69, 9.17) is 8.92 Å². The first-order valence-corrected chi connectivity index (χ1v) is 15.2. The van der Waals surface area contributed by atoms with Crippen LogP contribution in [0.3, 0.4) is 0 Å². The molecule has 0 spiro atoms. The molecule has 0 saturated heterocycles. The normalized spacial score (nSPS) is 14.0. The Morgan fingerprint density at radius 2 is 1.75 bits per heavy atom. The second-order valence-electron chi connectivity index (χ2n) is 9.24. The summed E-state index contributed by atoms with van der Waals surface area (Å²) in [7, 11) is -0.0691. The van der Waals surface area contributed by atoms with E-state index in [0.717, 1.165) is 29.9 Å². The third kappa shape index (κ3) is 15.0. The molecule has 1 rings (SSSR count). The lowest BCUT2D eigenvalue weighted by Crippen LogP contribution is -2.36. The van der Waals surface area contributed by atoms with Gasteiger partial charge in [-0.25, -0.2) is 4.79 Å². The maximum absolute atomic E-state index is 12.1. The number of carbonyl (C=O) groups is 1. The number of ether oxygens (including phenoxy) is 1. The molecule has 1 aromatic rings. The fourth-order valence-corrected chi connectivity index (χ4v) is 6.64. The largest absolute Gasteiger partial charge is 0.445 e. The summed E-state index contributed by atoms with van der Waals surface area (Å²) in [5.74, 6) is 1.92. The van der Waals surface area contributed by atoms with E-state index in [1.807, 2.05) is 51.1 Å². The molecular weight excluding hydrogens is 466 g/mol. The molecule has 32 heavy (non-hydrogen) atoms. The molecule has 1 aromatic carbocycles. The van der Waals surface area contributed by atoms with Gasteiger partial charge in [0, 0.05) is 17.5 Å². The van der Waals surface area contributed by atoms with Gasteiger partial charge >= 0.3 is 6.09 Å². The van der Waals surface area contributed by atoms with Crippen molar-refractivity contribution < 1.29 is 22.1 Å². The van der Waals surface area contributed by atoms with Gasteiger partial charge in [0.1, 0.15) is 6.61 Å². The molecule has 0 aromatic heterocycles. The van der Waals surface area contributed by atoms with Gasteiger partial charge in [-0.1, -0.05) is 93.0 Å². The van der Waals surface area contributed by atoms with Crippen molar-refractivity contribution in [3.8, 4) is 0 Å². The van der Waals surface area contributed by atoms with Crippen LogP contribution in [0.25, 0.3) is 0 Å². The summed E-state index contributed by atoms with van der Waals surface area (Å²) in [4.78, 5) is 12.1. The molecule has 0 aliphatic heterocycles. The zero-order chi connectivity index (χ0) is 24.0. The second kappa shape index (κ2) is 15.1. The Kier molecular flexibility index (Phi) is 13.7. The van der Waals surface area contributed by atoms with Crippen LogP contribution in [0.5, 0.6) is 0 Å². The van der Waals surface area contributed by atoms with E-state index in [0.29, 0.717) is 6.42 Å². The number of nitrogens with one attached hydrogen (secondary N) is 1. The van der Waals surface area contributed by atoms with Gasteiger partial charge in [-0.2, -0.15) is 8.42 Å². The Bertz CT molecular complexity index is 751. The summed E-state index contributed by atoms with van der Waals surface area (Å²) in [6, 6.07) is 9.65. The zero-order valence-corrected chi connectivity index (χ0v) is 22.4. The van der Waals surface area contributed by atoms with Gasteiger partial charge in [-0.3, -0.25) is 4.18 Å². The Balaban J connectivity index is 2.26. The number of amides is 1. The first-order valence-electron chi connectivity index (χ1n) is 11.1. The minimum Gasteiger partial charge on any atom is -0.445 e. The molecule has 0 aliphatic carbocycles. The smallest absolute Gasteiger partial charge is 0.407 e. The first kappa shape index (κ1) is 29.1. The number of alkyl carbamates (subject to hydrolysis) is 1. The average Bonchev–Trinajstić information content (AvgIpc) is 2.73. The van der Waals surface area contributed by atoms with Gasteiger partial charge in [0.2, 0.25) is 0 Å². The third-order valence-corrected chi connectivity index (χ3v) is 8.35. The van der Waals surface area contributed by atoms with Crippen LogP contribution in [0.4, 0.5) is 4.79 Å². The summed E-state index contributed by atoms with van der Waals surface area (Å²) in [5.41, 5.74) is 0.779. The Hall–Kier alpha value is -0.900. The highest BCUT2D eigenvalue weighted by atomic mass is 33.1. The van der Waals surface area contributed by atoms with Crippen LogP contribution < -0.4 is 5.32 Å². The molecule has 0 bridgehead atoms. The van der Waals surface area contributed by atoms with E-state index in [9.17, 15) is 13.2 Å². The van der Waals surface area contributed by atoms with Gasteiger partial charge < -0.3 is 10.1 Å². The Labute approximate surface area is 202 Å². The zero-order valence-electron chi connectivity index (χ0n) is 20.0. The molecule has 0 aliphatic rings. The van der Waals surface area contributed by atoms with E-state index in [-0.39, 0.29) is 36.3 Å². The fraction of sp³-hybridized carbons (Fsp3) is 0.696. The van der Waals surface area contributed by atoms with E-state index < -0.39 is 16.2 Å². The quantitative estimate of drug-likeness (QED) is 0.181. The van der Waals surface area contributed by atoms with Gasteiger partial charge in [0.15, 0.2) is 0 Å². The predicted molar refractivity (Wildman–Crippen MR) is 136 cm³/mol. The Morgan fingerprint density at radius 1 is 1.09 bits per heavy atom. The molecule has 2 atom stereocenters. The van der Waals surface area contributed by atoms with Crippen molar-refractivity contribution in [2.45, 2.75) is 66.5 Å². The topological polar surface area (TPSA) is 81.7 Å². The monoisotopic (exact) mass is 505 g/mol. The number of rotatable bonds is 15. The summed E-state index contributed by atoms with van der Waals surface area (Å²) >= 11 is 0. The lowest BCUT2D eigenvalue weighted by atomic mass is 9.99. The van der Waals surface area contributed by atoms with Crippen molar-refractivity contribution in [2.75, 3.05) is 23.9 Å². The molecule has 6 nitrogen and oxygen atoms in total. The van der Waals surface area contributed by atoms with E-state index in [1.165, 1.54) is 0 Å². The highest BCUT2D eigenvalue weighted by Crippen LogP contribution is 2.27. The van der Waals surface area contributed by atoms with Crippen molar-refractivity contribution >= 4 is 37.8 Å². The number of benzene rings is 1. The molecule has 184 valence electrons. The summed E-state index contributed by atoms with van der Waals surface area (Å²) < 4.78 is 34.5. The first-order chi connectivity index (χ1) is 15.0. The fourth-order valence-electron chi connectivity index (χ4n) is 2.53. The number of hydrogen-bond donors (Lipinski definition) is 1. The van der Waals surface area contributed by atoms with Crippen LogP contribution in [0.2, 0.25) is 0 Å². The van der Waals surface area contributed by atoms with E-state index in [1.54, 1.807) is 21.6 Å². The Morgan fingerprint density at radius 3 is 2.38 bits per heavy atom. The third-order valence-electron chi connectivity index (χ3n) is 4.41. The minimum absolute atomic E-state index is 0.0438. The van der Waals surface area contributed by atoms with Gasteiger partial charge in [0.05, 0.1) is 12.4 Å². The van der Waals surface area contributed by atoms with Crippen molar-refractivity contribution in [1.82, 2.24) is 5.32 Å². The lowest BCUT2D eigenvalue weighted by molar-refractivity contribution is 0.136. The van der Waals surface area contributed by atoms with Crippen LogP contribution in [0, 0.1) is 11.3 Å². The molecule has 0 saturated carbocycles. The minimum atomic E-state index is -3.48. The highest BCUT2D eigenvalue weighted by molar-refractivity contribution is 8.76. The lowest BCUT2D eigenvalue weighted by Gasteiger charge is -2.19. The second-order valence-corrected chi connectivity index (χ2v) is 13.6. The van der Waals surface area contributed by atoms with Crippen LogP contribution in [0.1, 0.15) is 59.4 Å². The van der Waals surface area contributed by atoms with Crippen molar-refractivity contribution in [1.29, 1.82) is 0 Å². The van der Waals surface area contributed by atoms with Crippen LogP contribution in [-0.2, 0) is 25.6 Å². The standard InChI is InChI=1S/C23H39NO5S3/c1-6-10-21(24-22(25)28-15-20-11-8-7-9-12-20)17-31-30-16-19(2)13-14-32(26,27)29-18-23(3,4)5/h7-9,11-12,19,21H,6,10,13-18H2,1-5H3,(H,24,25)/t19-,21-/m0/s1. The summed E-state index contributed by atoms with van der Waals surface area (Å²) in [6.45, 7) is 10.4. The summed E-state index contributed by atoms with van der Waals surface area (Å²) in [5, 5.41) is 2.96. The molecular formula is C23H39NO5S3. The van der Waals surface area contributed by atoms with E-state index in [2.05, 4.69) is 19.2 Å². The van der Waals surface area contributed by atoms with Crippen LogP contribution >= 0.6 is 21.6 Å². The molecule has 1 amide bonds. The van der Waals surface area contributed by atoms with Gasteiger partial charge in [-0.05, 0) is 29.7 Å². The SMILES string of the molecule is CCC[C@@H](CSSC[C@@H](C)CCS(=O)(=O)OCC(C)(C)C)NC(=O)OCc1ccccc1. The van der Waals surface area contributed by atoms with E-state index >= 15 is 0 Å².